The maximum atomic E-state index is 13.1. The van der Waals surface area contributed by atoms with E-state index in [1.54, 1.807) is 12.1 Å². The van der Waals surface area contributed by atoms with Gasteiger partial charge in [0.1, 0.15) is 5.82 Å². The Kier molecular flexibility index (Phi) is 4.85. The highest BCUT2D eigenvalue weighted by atomic mass is 79.9. The monoisotopic (exact) mass is 319 g/mol. The first-order valence-corrected chi connectivity index (χ1v) is 7.50. The molecular weight excluding hydrogens is 305 g/mol. The van der Waals surface area contributed by atoms with Gasteiger partial charge in [0.25, 0.3) is 0 Å². The van der Waals surface area contributed by atoms with E-state index in [1.807, 2.05) is 11.8 Å². The predicted molar refractivity (Wildman–Crippen MR) is 72.8 cm³/mol. The van der Waals surface area contributed by atoms with Crippen LogP contribution >= 0.6 is 27.7 Å². The first-order chi connectivity index (χ1) is 8.16. The average Bonchev–Trinajstić information content (AvgIpc) is 2.35. The fourth-order valence-corrected chi connectivity index (χ4v) is 3.21. The summed E-state index contributed by atoms with van der Waals surface area (Å²) in [6.07, 6.45) is 0.821. The Labute approximate surface area is 113 Å². The topological polar surface area (TPSA) is 35.2 Å². The molecule has 2 nitrogen and oxygen atoms in total. The molecule has 0 bridgehead atoms. The lowest BCUT2D eigenvalue weighted by molar-refractivity contribution is 0.0572. The highest BCUT2D eigenvalue weighted by molar-refractivity contribution is 9.10. The Hall–Kier alpha value is -0.100. The van der Waals surface area contributed by atoms with Crippen LogP contribution in [0.5, 0.6) is 0 Å². The van der Waals surface area contributed by atoms with E-state index in [0.29, 0.717) is 10.9 Å². The second-order valence-corrected chi connectivity index (χ2v) is 6.10. The van der Waals surface area contributed by atoms with Crippen LogP contribution in [0.25, 0.3) is 0 Å². The second-order valence-electron chi connectivity index (χ2n) is 4.10. The van der Waals surface area contributed by atoms with Crippen LogP contribution in [0.2, 0.25) is 0 Å². The van der Waals surface area contributed by atoms with Gasteiger partial charge in [-0.2, -0.15) is 11.8 Å². The van der Waals surface area contributed by atoms with Crippen LogP contribution < -0.4 is 5.73 Å². The normalized spacial score (nSPS) is 22.4. The van der Waals surface area contributed by atoms with Crippen molar-refractivity contribution in [3.05, 3.63) is 34.1 Å². The highest BCUT2D eigenvalue weighted by Crippen LogP contribution is 2.20. The molecule has 0 aliphatic carbocycles. The molecule has 0 saturated carbocycles. The van der Waals surface area contributed by atoms with E-state index in [1.165, 1.54) is 6.07 Å². The van der Waals surface area contributed by atoms with Crippen molar-refractivity contribution in [3.63, 3.8) is 0 Å². The summed E-state index contributed by atoms with van der Waals surface area (Å²) in [6, 6.07) is 4.99. The predicted octanol–water partition coefficient (Wildman–Crippen LogP) is 2.59. The summed E-state index contributed by atoms with van der Waals surface area (Å²) in [6.45, 7) is 0.774. The molecule has 1 aliphatic rings. The summed E-state index contributed by atoms with van der Waals surface area (Å²) in [4.78, 5) is 0. The third kappa shape index (κ3) is 3.68. The minimum absolute atomic E-state index is 0.0276. The van der Waals surface area contributed by atoms with Gasteiger partial charge in [0.15, 0.2) is 0 Å². The lowest BCUT2D eigenvalue weighted by Crippen LogP contribution is -2.42. The largest absolute Gasteiger partial charge is 0.375 e. The van der Waals surface area contributed by atoms with E-state index in [4.69, 9.17) is 10.5 Å². The second kappa shape index (κ2) is 6.18. The first-order valence-electron chi connectivity index (χ1n) is 5.55. The van der Waals surface area contributed by atoms with Gasteiger partial charge in [-0.1, -0.05) is 6.07 Å². The van der Waals surface area contributed by atoms with Crippen molar-refractivity contribution in [2.24, 2.45) is 5.73 Å². The van der Waals surface area contributed by atoms with Crippen molar-refractivity contribution in [1.82, 2.24) is 0 Å². The Morgan fingerprint density at radius 3 is 3.06 bits per heavy atom. The van der Waals surface area contributed by atoms with E-state index in [-0.39, 0.29) is 18.0 Å². The van der Waals surface area contributed by atoms with Gasteiger partial charge in [-0.05, 0) is 40.0 Å². The number of hydrogen-bond acceptors (Lipinski definition) is 3. The molecule has 0 amide bonds. The molecule has 1 heterocycles. The van der Waals surface area contributed by atoms with Crippen LogP contribution in [0.3, 0.4) is 0 Å². The van der Waals surface area contributed by atoms with Crippen molar-refractivity contribution >= 4 is 27.7 Å². The Bertz CT molecular complexity index is 385. The van der Waals surface area contributed by atoms with Crippen molar-refractivity contribution in [2.45, 2.75) is 18.6 Å². The molecule has 2 unspecified atom stereocenters. The zero-order chi connectivity index (χ0) is 12.3. The molecule has 2 atom stereocenters. The number of nitrogens with two attached hydrogens (primary N) is 1. The smallest absolute Gasteiger partial charge is 0.137 e. The van der Waals surface area contributed by atoms with Crippen molar-refractivity contribution in [3.8, 4) is 0 Å². The highest BCUT2D eigenvalue weighted by Gasteiger charge is 2.22. The van der Waals surface area contributed by atoms with Gasteiger partial charge >= 0.3 is 0 Å². The maximum Gasteiger partial charge on any atom is 0.137 e. The molecule has 1 aromatic carbocycles. The third-order valence-electron chi connectivity index (χ3n) is 2.77. The van der Waals surface area contributed by atoms with Gasteiger partial charge in [-0.25, -0.2) is 4.39 Å². The molecule has 17 heavy (non-hydrogen) atoms. The van der Waals surface area contributed by atoms with E-state index >= 15 is 0 Å². The van der Waals surface area contributed by atoms with Gasteiger partial charge < -0.3 is 10.5 Å². The standard InChI is InChI=1S/C12H15BrFNOS/c13-9-5-8(1-2-10(9)14)6-11(15)12-7-17-4-3-16-12/h1-2,5,11-12H,3-4,6-7,15H2. The summed E-state index contributed by atoms with van der Waals surface area (Å²) in [5, 5.41) is 0. The lowest BCUT2D eigenvalue weighted by Gasteiger charge is -2.27. The fraction of sp³-hybridized carbons (Fsp3) is 0.500. The van der Waals surface area contributed by atoms with Crippen LogP contribution in [0, 0.1) is 5.82 Å². The molecule has 1 aromatic rings. The molecule has 1 fully saturated rings. The molecule has 2 rings (SSSR count). The number of ether oxygens (including phenoxy) is 1. The van der Waals surface area contributed by atoms with Crippen LogP contribution in [0.15, 0.2) is 22.7 Å². The number of halogens is 2. The van der Waals surface area contributed by atoms with Crippen LogP contribution in [0.4, 0.5) is 4.39 Å². The van der Waals surface area contributed by atoms with E-state index in [9.17, 15) is 4.39 Å². The number of rotatable bonds is 3. The van der Waals surface area contributed by atoms with Gasteiger partial charge in [0.05, 0.1) is 17.2 Å². The summed E-state index contributed by atoms with van der Waals surface area (Å²) in [5.41, 5.74) is 7.15. The van der Waals surface area contributed by atoms with E-state index < -0.39 is 0 Å². The molecule has 0 spiro atoms. The molecule has 1 aliphatic heterocycles. The molecule has 0 aromatic heterocycles. The van der Waals surface area contributed by atoms with Gasteiger partial charge in [0.2, 0.25) is 0 Å². The van der Waals surface area contributed by atoms with E-state index in [2.05, 4.69) is 15.9 Å². The quantitative estimate of drug-likeness (QED) is 0.930. The molecule has 0 radical (unpaired) electrons. The molecule has 2 N–H and O–H groups in total. The third-order valence-corrected chi connectivity index (χ3v) is 4.40. The Balaban J connectivity index is 1.96. The van der Waals surface area contributed by atoms with Crippen LogP contribution in [-0.4, -0.2) is 30.3 Å². The molecule has 1 saturated heterocycles. The summed E-state index contributed by atoms with van der Waals surface area (Å²) in [5.74, 6) is 1.75. The number of thioether (sulfide) groups is 1. The lowest BCUT2D eigenvalue weighted by atomic mass is 10.0. The van der Waals surface area contributed by atoms with Crippen LogP contribution in [0.1, 0.15) is 5.56 Å². The van der Waals surface area contributed by atoms with Crippen molar-refractivity contribution in [1.29, 1.82) is 0 Å². The minimum Gasteiger partial charge on any atom is -0.375 e. The minimum atomic E-state index is -0.244. The zero-order valence-corrected chi connectivity index (χ0v) is 11.8. The maximum absolute atomic E-state index is 13.1. The summed E-state index contributed by atoms with van der Waals surface area (Å²) in [7, 11) is 0. The summed E-state index contributed by atoms with van der Waals surface area (Å²) >= 11 is 5.05. The van der Waals surface area contributed by atoms with Gasteiger partial charge in [-0.3, -0.25) is 0 Å². The molecular formula is C12H15BrFNOS. The SMILES string of the molecule is NC(Cc1ccc(F)c(Br)c1)C1CSCCO1. The average molecular weight is 320 g/mol. The first kappa shape index (κ1) is 13.3. The Morgan fingerprint density at radius 2 is 2.41 bits per heavy atom. The van der Waals surface area contributed by atoms with Gasteiger partial charge in [-0.15, -0.1) is 0 Å². The van der Waals surface area contributed by atoms with Gasteiger partial charge in [0, 0.05) is 17.5 Å². The van der Waals surface area contributed by atoms with Crippen molar-refractivity contribution in [2.75, 3.05) is 18.1 Å². The molecule has 5 heteroatoms. The Morgan fingerprint density at radius 1 is 1.59 bits per heavy atom. The number of hydrogen-bond donors (Lipinski definition) is 1. The summed E-state index contributed by atoms with van der Waals surface area (Å²) < 4.78 is 19.2. The van der Waals surface area contributed by atoms with E-state index in [0.717, 1.165) is 23.7 Å². The van der Waals surface area contributed by atoms with Crippen molar-refractivity contribution < 1.29 is 9.13 Å². The zero-order valence-electron chi connectivity index (χ0n) is 9.36. The molecule has 94 valence electrons. The number of benzene rings is 1. The van der Waals surface area contributed by atoms with Crippen LogP contribution in [-0.2, 0) is 11.2 Å². The fourth-order valence-electron chi connectivity index (χ4n) is 1.82.